The van der Waals surface area contributed by atoms with E-state index >= 15 is 0 Å². The molecule has 2 N–H and O–H groups in total. The van der Waals surface area contributed by atoms with Crippen LogP contribution >= 0.6 is 0 Å². The molecule has 2 heterocycles. The first-order valence-electron chi connectivity index (χ1n) is 8.65. The number of anilines is 1. The minimum Gasteiger partial charge on any atom is -0.360 e. The molecule has 9 nitrogen and oxygen atoms in total. The van der Waals surface area contributed by atoms with Crippen LogP contribution in [0.15, 0.2) is 33.7 Å². The predicted molar refractivity (Wildman–Crippen MR) is 102 cm³/mol. The average Bonchev–Trinajstić information content (AvgIpc) is 3.17. The third-order valence-electron chi connectivity index (χ3n) is 4.51. The molecule has 0 unspecified atom stereocenters. The predicted octanol–water partition coefficient (Wildman–Crippen LogP) is 0.598. The Morgan fingerprint density at radius 2 is 2.00 bits per heavy atom. The topological polar surface area (TPSA) is 135 Å². The third kappa shape index (κ3) is 4.82. The zero-order valence-corrected chi connectivity index (χ0v) is 17.3. The minimum atomic E-state index is -4.29. The molecule has 29 heavy (non-hydrogen) atoms. The van der Waals surface area contributed by atoms with E-state index < -0.39 is 59.1 Å². The summed E-state index contributed by atoms with van der Waals surface area (Å²) in [6, 6.07) is 4.06. The van der Waals surface area contributed by atoms with Crippen molar-refractivity contribution in [1.29, 1.82) is 0 Å². The largest absolute Gasteiger partial charge is 0.360 e. The molecule has 1 aromatic heterocycles. The second kappa shape index (κ2) is 7.84. The van der Waals surface area contributed by atoms with Crippen LogP contribution in [0.25, 0.3) is 0 Å². The third-order valence-corrected chi connectivity index (χ3v) is 8.68. The quantitative estimate of drug-likeness (QED) is 0.660. The Labute approximate surface area is 167 Å². The van der Waals surface area contributed by atoms with E-state index in [2.05, 4.69) is 15.8 Å². The second-order valence-corrected chi connectivity index (χ2v) is 11.2. The number of sulfone groups is 2. The first kappa shape index (κ1) is 21.4. The number of amides is 1. The van der Waals surface area contributed by atoms with Crippen molar-refractivity contribution in [2.75, 3.05) is 23.4 Å². The Balaban J connectivity index is 1.78. The van der Waals surface area contributed by atoms with Gasteiger partial charge in [-0.1, -0.05) is 11.2 Å². The maximum absolute atomic E-state index is 14.2. The first-order chi connectivity index (χ1) is 13.5. The molecule has 2 atom stereocenters. The zero-order chi connectivity index (χ0) is 21.4. The molecule has 158 valence electrons. The highest BCUT2D eigenvalue weighted by molar-refractivity contribution is 7.96. The van der Waals surface area contributed by atoms with Crippen molar-refractivity contribution >= 4 is 31.4 Å². The van der Waals surface area contributed by atoms with Gasteiger partial charge >= 0.3 is 0 Å². The molecule has 1 amide bonds. The lowest BCUT2D eigenvalue weighted by Crippen LogP contribution is -2.46. The van der Waals surface area contributed by atoms with Gasteiger partial charge in [-0.05, 0) is 31.5 Å². The summed E-state index contributed by atoms with van der Waals surface area (Å²) in [6.07, 6.45) is 0. The number of aryl methyl sites for hydroxylation is 2. The highest BCUT2D eigenvalue weighted by atomic mass is 32.2. The Morgan fingerprint density at radius 3 is 2.66 bits per heavy atom. The van der Waals surface area contributed by atoms with Crippen LogP contribution in [0.5, 0.6) is 0 Å². The maximum atomic E-state index is 14.2. The standard InChI is InChI=1S/C17H20FN3O6S2/c1-10-3-4-12(18)14(5-10)29(25,26)15-9-28(23,24)8-13(15)19-7-17(22)20-16-6-11(2)27-21-16/h3-6,13,15,19H,7-9H2,1-2H3,(H,20,21,22)/t13-,15-/m0/s1. The van der Waals surface area contributed by atoms with E-state index in [0.29, 0.717) is 11.3 Å². The number of halogens is 1. The molecule has 1 aromatic carbocycles. The molecule has 0 bridgehead atoms. The molecule has 1 saturated heterocycles. The fourth-order valence-corrected chi connectivity index (χ4v) is 8.01. The Morgan fingerprint density at radius 1 is 1.28 bits per heavy atom. The molecule has 2 aromatic rings. The lowest BCUT2D eigenvalue weighted by Gasteiger charge is -2.20. The van der Waals surface area contributed by atoms with E-state index in [9.17, 15) is 26.0 Å². The maximum Gasteiger partial charge on any atom is 0.239 e. The van der Waals surface area contributed by atoms with Crippen LogP contribution in [0.4, 0.5) is 10.2 Å². The number of rotatable bonds is 6. The number of hydrogen-bond donors (Lipinski definition) is 2. The van der Waals surface area contributed by atoms with Gasteiger partial charge in [0.05, 0.1) is 23.3 Å². The van der Waals surface area contributed by atoms with Gasteiger partial charge < -0.3 is 15.2 Å². The van der Waals surface area contributed by atoms with Gasteiger partial charge in [-0.3, -0.25) is 4.79 Å². The molecule has 0 radical (unpaired) electrons. The van der Waals surface area contributed by atoms with E-state index in [0.717, 1.165) is 6.07 Å². The monoisotopic (exact) mass is 445 g/mol. The van der Waals surface area contributed by atoms with Gasteiger partial charge in [-0.15, -0.1) is 0 Å². The summed E-state index contributed by atoms with van der Waals surface area (Å²) < 4.78 is 69.1. The molecule has 1 aliphatic rings. The van der Waals surface area contributed by atoms with E-state index in [-0.39, 0.29) is 12.4 Å². The number of carbonyl (C=O) groups is 1. The molecular weight excluding hydrogens is 425 g/mol. The summed E-state index contributed by atoms with van der Waals surface area (Å²) in [5.41, 5.74) is 0.526. The first-order valence-corrected chi connectivity index (χ1v) is 12.0. The van der Waals surface area contributed by atoms with Crippen molar-refractivity contribution in [3.63, 3.8) is 0 Å². The summed E-state index contributed by atoms with van der Waals surface area (Å²) in [7, 11) is -7.98. The fraction of sp³-hybridized carbons (Fsp3) is 0.412. The van der Waals surface area contributed by atoms with Crippen LogP contribution < -0.4 is 10.6 Å². The molecule has 0 spiro atoms. The number of nitrogens with zero attached hydrogens (tertiary/aromatic N) is 1. The summed E-state index contributed by atoms with van der Waals surface area (Å²) in [6.45, 7) is 2.90. The average molecular weight is 445 g/mol. The van der Waals surface area contributed by atoms with Gasteiger partial charge in [0.2, 0.25) is 5.91 Å². The summed E-state index contributed by atoms with van der Waals surface area (Å²) in [5.74, 6) is -1.95. The van der Waals surface area contributed by atoms with E-state index in [4.69, 9.17) is 4.52 Å². The van der Waals surface area contributed by atoms with E-state index in [1.807, 2.05) is 0 Å². The van der Waals surface area contributed by atoms with E-state index in [1.54, 1.807) is 13.8 Å². The van der Waals surface area contributed by atoms with Crippen molar-refractivity contribution in [3.8, 4) is 0 Å². The molecule has 0 aliphatic carbocycles. The number of benzene rings is 1. The molecule has 12 heteroatoms. The Bertz CT molecular complexity index is 1140. The number of hydrogen-bond acceptors (Lipinski definition) is 8. The molecule has 0 saturated carbocycles. The SMILES string of the molecule is Cc1ccc(F)c(S(=O)(=O)[C@H]2CS(=O)(=O)C[C@@H]2NCC(=O)Nc2cc(C)on2)c1. The van der Waals surface area contributed by atoms with Crippen LogP contribution in [0.1, 0.15) is 11.3 Å². The van der Waals surface area contributed by atoms with Crippen molar-refractivity contribution in [2.24, 2.45) is 0 Å². The summed E-state index contributed by atoms with van der Waals surface area (Å²) in [5, 5.41) is 7.31. The van der Waals surface area contributed by atoms with Crippen molar-refractivity contribution in [3.05, 3.63) is 41.4 Å². The molecule has 3 rings (SSSR count). The van der Waals surface area contributed by atoms with Crippen LogP contribution in [0.3, 0.4) is 0 Å². The van der Waals surface area contributed by atoms with Crippen LogP contribution in [0.2, 0.25) is 0 Å². The fourth-order valence-electron chi connectivity index (χ4n) is 3.14. The Hall–Kier alpha value is -2.31. The van der Waals surface area contributed by atoms with Gasteiger partial charge in [0.25, 0.3) is 0 Å². The lowest BCUT2D eigenvalue weighted by atomic mass is 10.2. The van der Waals surface area contributed by atoms with Gasteiger partial charge in [0, 0.05) is 12.1 Å². The van der Waals surface area contributed by atoms with Crippen LogP contribution in [-0.2, 0) is 24.5 Å². The highest BCUT2D eigenvalue weighted by Crippen LogP contribution is 2.28. The number of carbonyl (C=O) groups excluding carboxylic acids is 1. The number of nitrogens with one attached hydrogen (secondary N) is 2. The molecular formula is C17H20FN3O6S2. The van der Waals surface area contributed by atoms with Crippen LogP contribution in [0, 0.1) is 19.7 Å². The summed E-state index contributed by atoms with van der Waals surface area (Å²) >= 11 is 0. The summed E-state index contributed by atoms with van der Waals surface area (Å²) in [4.78, 5) is 11.5. The van der Waals surface area contributed by atoms with Gasteiger partial charge in [0.1, 0.15) is 16.5 Å². The lowest BCUT2D eigenvalue weighted by molar-refractivity contribution is -0.115. The van der Waals surface area contributed by atoms with Gasteiger partial charge in [-0.25, -0.2) is 21.2 Å². The molecule has 1 fully saturated rings. The number of aromatic nitrogens is 1. The van der Waals surface area contributed by atoms with Crippen molar-refractivity contribution in [2.45, 2.75) is 30.0 Å². The second-order valence-electron chi connectivity index (χ2n) is 6.95. The normalized spacial score (nSPS) is 21.2. The van der Waals surface area contributed by atoms with Crippen molar-refractivity contribution < 1.29 is 30.5 Å². The zero-order valence-electron chi connectivity index (χ0n) is 15.7. The minimum absolute atomic E-state index is 0.180. The smallest absolute Gasteiger partial charge is 0.239 e. The van der Waals surface area contributed by atoms with Crippen LogP contribution in [-0.4, -0.2) is 57.2 Å². The van der Waals surface area contributed by atoms with Gasteiger partial charge in [-0.2, -0.15) is 0 Å². The highest BCUT2D eigenvalue weighted by Gasteiger charge is 2.46. The van der Waals surface area contributed by atoms with Gasteiger partial charge in [0.15, 0.2) is 25.5 Å². The van der Waals surface area contributed by atoms with E-state index in [1.165, 1.54) is 18.2 Å². The van der Waals surface area contributed by atoms with Crippen molar-refractivity contribution in [1.82, 2.24) is 10.5 Å². The Kier molecular flexibility index (Phi) is 5.79. The molecule has 1 aliphatic heterocycles.